The highest BCUT2D eigenvalue weighted by Crippen LogP contribution is 2.25. The van der Waals surface area contributed by atoms with E-state index in [1.165, 1.54) is 11.1 Å². The Morgan fingerprint density at radius 3 is 2.62 bits per heavy atom. The molecule has 0 amide bonds. The topological polar surface area (TPSA) is 35.2 Å². The maximum Gasteiger partial charge on any atom is 0.122 e. The zero-order valence-corrected chi connectivity index (χ0v) is 10.8. The van der Waals surface area contributed by atoms with E-state index in [-0.39, 0.29) is 5.54 Å². The molecule has 1 rings (SSSR count). The number of hydrogen-bond acceptors (Lipinski definition) is 2. The van der Waals surface area contributed by atoms with Crippen LogP contribution in [0.4, 0.5) is 0 Å². The average Bonchev–Trinajstić information content (AvgIpc) is 2.17. The normalized spacial score (nSPS) is 14.6. The third-order valence-corrected chi connectivity index (χ3v) is 2.85. The molecule has 0 fully saturated rings. The van der Waals surface area contributed by atoms with E-state index < -0.39 is 0 Å². The van der Waals surface area contributed by atoms with Crippen molar-refractivity contribution in [3.05, 3.63) is 29.3 Å². The van der Waals surface area contributed by atoms with E-state index >= 15 is 0 Å². The van der Waals surface area contributed by atoms with Crippen molar-refractivity contribution in [2.75, 3.05) is 7.11 Å². The van der Waals surface area contributed by atoms with Crippen molar-refractivity contribution in [1.29, 1.82) is 0 Å². The molecule has 2 heteroatoms. The minimum Gasteiger partial charge on any atom is -0.496 e. The molecule has 16 heavy (non-hydrogen) atoms. The van der Waals surface area contributed by atoms with Crippen molar-refractivity contribution in [2.24, 2.45) is 5.73 Å². The molecule has 1 aromatic carbocycles. The lowest BCUT2D eigenvalue weighted by molar-refractivity contribution is 0.387. The monoisotopic (exact) mass is 221 g/mol. The predicted octanol–water partition coefficient (Wildman–Crippen LogP) is 3.06. The van der Waals surface area contributed by atoms with E-state index in [0.29, 0.717) is 0 Å². The summed E-state index contributed by atoms with van der Waals surface area (Å²) in [7, 11) is 1.71. The summed E-state index contributed by atoms with van der Waals surface area (Å²) in [6, 6.07) is 6.25. The van der Waals surface area contributed by atoms with Crippen LogP contribution in [-0.2, 0) is 6.42 Å². The number of methoxy groups -OCH3 is 1. The van der Waals surface area contributed by atoms with Crippen LogP contribution in [0.15, 0.2) is 18.2 Å². The SMILES string of the molecule is CCCC(C)(N)Cc1cc(C)ccc1OC. The van der Waals surface area contributed by atoms with Gasteiger partial charge in [0.1, 0.15) is 5.75 Å². The van der Waals surface area contributed by atoms with Gasteiger partial charge in [0.05, 0.1) is 7.11 Å². The molecule has 0 spiro atoms. The van der Waals surface area contributed by atoms with Crippen LogP contribution in [0, 0.1) is 6.92 Å². The molecule has 0 aliphatic carbocycles. The van der Waals surface area contributed by atoms with Crippen molar-refractivity contribution in [2.45, 2.75) is 45.6 Å². The van der Waals surface area contributed by atoms with Crippen LogP contribution in [-0.4, -0.2) is 12.6 Å². The second kappa shape index (κ2) is 5.35. The van der Waals surface area contributed by atoms with Crippen molar-refractivity contribution in [3.8, 4) is 5.75 Å². The van der Waals surface area contributed by atoms with Gasteiger partial charge in [0, 0.05) is 5.54 Å². The third kappa shape index (κ3) is 3.53. The molecule has 0 aliphatic rings. The number of aryl methyl sites for hydroxylation is 1. The van der Waals surface area contributed by atoms with Gasteiger partial charge in [0.15, 0.2) is 0 Å². The Kier molecular flexibility index (Phi) is 4.36. The van der Waals surface area contributed by atoms with Crippen LogP contribution in [0.2, 0.25) is 0 Å². The van der Waals surface area contributed by atoms with Gasteiger partial charge in [0.25, 0.3) is 0 Å². The molecule has 1 unspecified atom stereocenters. The summed E-state index contributed by atoms with van der Waals surface area (Å²) in [5.74, 6) is 0.943. The smallest absolute Gasteiger partial charge is 0.122 e. The lowest BCUT2D eigenvalue weighted by Crippen LogP contribution is -2.38. The first-order valence-electron chi connectivity index (χ1n) is 5.91. The van der Waals surface area contributed by atoms with Crippen LogP contribution in [0.3, 0.4) is 0 Å². The third-order valence-electron chi connectivity index (χ3n) is 2.85. The van der Waals surface area contributed by atoms with E-state index in [2.05, 4.69) is 32.9 Å². The van der Waals surface area contributed by atoms with Crippen molar-refractivity contribution in [1.82, 2.24) is 0 Å². The highest BCUT2D eigenvalue weighted by Gasteiger charge is 2.19. The van der Waals surface area contributed by atoms with Crippen molar-refractivity contribution >= 4 is 0 Å². The minimum absolute atomic E-state index is 0.143. The van der Waals surface area contributed by atoms with E-state index in [4.69, 9.17) is 10.5 Å². The molecule has 0 aromatic heterocycles. The molecule has 90 valence electrons. The van der Waals surface area contributed by atoms with Crippen LogP contribution in [0.1, 0.15) is 37.8 Å². The van der Waals surface area contributed by atoms with E-state index in [9.17, 15) is 0 Å². The number of rotatable bonds is 5. The molecule has 1 atom stereocenters. The van der Waals surface area contributed by atoms with Gasteiger partial charge in [-0.3, -0.25) is 0 Å². The highest BCUT2D eigenvalue weighted by molar-refractivity contribution is 5.37. The Morgan fingerprint density at radius 1 is 1.38 bits per heavy atom. The van der Waals surface area contributed by atoms with Gasteiger partial charge in [0.2, 0.25) is 0 Å². The number of hydrogen-bond donors (Lipinski definition) is 1. The zero-order valence-electron chi connectivity index (χ0n) is 10.8. The van der Waals surface area contributed by atoms with E-state index in [1.807, 2.05) is 6.07 Å². The highest BCUT2D eigenvalue weighted by atomic mass is 16.5. The first-order valence-corrected chi connectivity index (χ1v) is 5.91. The summed E-state index contributed by atoms with van der Waals surface area (Å²) >= 11 is 0. The van der Waals surface area contributed by atoms with Gasteiger partial charge in [-0.05, 0) is 38.3 Å². The van der Waals surface area contributed by atoms with Crippen molar-refractivity contribution < 1.29 is 4.74 Å². The molecule has 2 nitrogen and oxygen atoms in total. The van der Waals surface area contributed by atoms with Gasteiger partial charge in [-0.25, -0.2) is 0 Å². The summed E-state index contributed by atoms with van der Waals surface area (Å²) in [5, 5.41) is 0. The van der Waals surface area contributed by atoms with Gasteiger partial charge < -0.3 is 10.5 Å². The number of nitrogens with two attached hydrogens (primary N) is 1. The first-order chi connectivity index (χ1) is 7.48. The number of benzene rings is 1. The lowest BCUT2D eigenvalue weighted by Gasteiger charge is -2.25. The Bertz CT molecular complexity index is 345. The first kappa shape index (κ1) is 13.0. The second-order valence-electron chi connectivity index (χ2n) is 4.90. The molecule has 0 aliphatic heterocycles. The number of ether oxygens (including phenoxy) is 1. The fourth-order valence-electron chi connectivity index (χ4n) is 2.14. The molecule has 2 N–H and O–H groups in total. The van der Waals surface area contributed by atoms with Gasteiger partial charge in [-0.2, -0.15) is 0 Å². The summed E-state index contributed by atoms with van der Waals surface area (Å²) in [4.78, 5) is 0. The standard InChI is InChI=1S/C14H23NO/c1-5-8-14(3,15)10-12-9-11(2)6-7-13(12)16-4/h6-7,9H,5,8,10,15H2,1-4H3. The summed E-state index contributed by atoms with van der Waals surface area (Å²) < 4.78 is 5.37. The van der Waals surface area contributed by atoms with Crippen LogP contribution in [0.25, 0.3) is 0 Å². The van der Waals surface area contributed by atoms with Gasteiger partial charge in [-0.15, -0.1) is 0 Å². The minimum atomic E-state index is -0.143. The second-order valence-corrected chi connectivity index (χ2v) is 4.90. The quantitative estimate of drug-likeness (QED) is 0.829. The molecule has 0 saturated carbocycles. The van der Waals surface area contributed by atoms with Gasteiger partial charge >= 0.3 is 0 Å². The van der Waals surface area contributed by atoms with Crippen molar-refractivity contribution in [3.63, 3.8) is 0 Å². The molecule has 0 bridgehead atoms. The van der Waals surface area contributed by atoms with Crippen LogP contribution >= 0.6 is 0 Å². The largest absolute Gasteiger partial charge is 0.496 e. The van der Waals surface area contributed by atoms with E-state index in [0.717, 1.165) is 25.0 Å². The Hall–Kier alpha value is -1.02. The molecule has 0 saturated heterocycles. The predicted molar refractivity (Wildman–Crippen MR) is 68.9 cm³/mol. The summed E-state index contributed by atoms with van der Waals surface area (Å²) in [6.07, 6.45) is 3.01. The summed E-state index contributed by atoms with van der Waals surface area (Å²) in [6.45, 7) is 6.37. The van der Waals surface area contributed by atoms with Crippen LogP contribution in [0.5, 0.6) is 5.75 Å². The molecule has 1 aromatic rings. The molecule has 0 radical (unpaired) electrons. The Labute approximate surface area is 98.8 Å². The van der Waals surface area contributed by atoms with Gasteiger partial charge in [-0.1, -0.05) is 31.0 Å². The van der Waals surface area contributed by atoms with Crippen LogP contribution < -0.4 is 10.5 Å². The molecule has 0 heterocycles. The average molecular weight is 221 g/mol. The molecular formula is C14H23NO. The Morgan fingerprint density at radius 2 is 2.06 bits per heavy atom. The fraction of sp³-hybridized carbons (Fsp3) is 0.571. The fourth-order valence-corrected chi connectivity index (χ4v) is 2.14. The zero-order chi connectivity index (χ0) is 12.2. The van der Waals surface area contributed by atoms with E-state index in [1.54, 1.807) is 7.11 Å². The lowest BCUT2D eigenvalue weighted by atomic mass is 9.89. The maximum atomic E-state index is 6.28. The Balaban J connectivity index is 2.90. The molecular weight excluding hydrogens is 198 g/mol. The maximum absolute atomic E-state index is 6.28. The summed E-state index contributed by atoms with van der Waals surface area (Å²) in [5.41, 5.74) is 8.60.